The Morgan fingerprint density at radius 3 is 2.39 bits per heavy atom. The molecule has 0 aromatic heterocycles. The normalized spacial score (nSPS) is 28.5. The maximum absolute atomic E-state index is 9.77. The van der Waals surface area contributed by atoms with Gasteiger partial charge < -0.3 is 24.8 Å². The van der Waals surface area contributed by atoms with E-state index in [1.54, 1.807) is 0 Å². The van der Waals surface area contributed by atoms with Gasteiger partial charge in [0.1, 0.15) is 24.4 Å². The van der Waals surface area contributed by atoms with Crippen LogP contribution in [0.25, 0.3) is 0 Å². The second-order valence-electron chi connectivity index (χ2n) is 6.28. The summed E-state index contributed by atoms with van der Waals surface area (Å²) in [5.74, 6) is 0. The summed E-state index contributed by atoms with van der Waals surface area (Å²) in [4.78, 5) is 0. The third-order valence-electron chi connectivity index (χ3n) is 4.20. The third-order valence-corrected chi connectivity index (χ3v) is 4.20. The van der Waals surface area contributed by atoms with Crippen molar-refractivity contribution in [3.05, 3.63) is 12.2 Å². The first-order chi connectivity index (χ1) is 11.2. The van der Waals surface area contributed by atoms with Crippen molar-refractivity contribution >= 4 is 0 Å². The first kappa shape index (κ1) is 20.6. The predicted molar refractivity (Wildman–Crippen MR) is 90.3 cm³/mol. The number of rotatable bonds is 12. The predicted octanol–water partition coefficient (Wildman–Crippen LogP) is 2.18. The van der Waals surface area contributed by atoms with E-state index < -0.39 is 24.4 Å². The summed E-state index contributed by atoms with van der Waals surface area (Å²) in [6, 6.07) is 0. The first-order valence-electron chi connectivity index (χ1n) is 9.05. The van der Waals surface area contributed by atoms with Crippen molar-refractivity contribution in [1.82, 2.24) is 0 Å². The van der Waals surface area contributed by atoms with E-state index in [2.05, 4.69) is 19.1 Å². The Morgan fingerprint density at radius 2 is 1.65 bits per heavy atom. The minimum Gasteiger partial charge on any atom is -0.388 e. The maximum Gasteiger partial charge on any atom is 0.111 e. The summed E-state index contributed by atoms with van der Waals surface area (Å²) in [6.07, 6.45) is 10.2. The van der Waals surface area contributed by atoms with Crippen LogP contribution in [0.1, 0.15) is 58.3 Å². The van der Waals surface area contributed by atoms with Gasteiger partial charge in [0.2, 0.25) is 0 Å². The molecule has 1 fully saturated rings. The van der Waals surface area contributed by atoms with Crippen LogP contribution >= 0.6 is 0 Å². The zero-order valence-electron chi connectivity index (χ0n) is 14.4. The topological polar surface area (TPSA) is 79.2 Å². The van der Waals surface area contributed by atoms with Crippen molar-refractivity contribution in [1.29, 1.82) is 0 Å². The summed E-state index contributed by atoms with van der Waals surface area (Å²) in [6.45, 7) is 3.10. The van der Waals surface area contributed by atoms with Crippen LogP contribution in [-0.4, -0.2) is 59.6 Å². The van der Waals surface area contributed by atoms with Gasteiger partial charge in [-0.15, -0.1) is 0 Å². The highest BCUT2D eigenvalue weighted by molar-refractivity contribution is 4.86. The lowest BCUT2D eigenvalue weighted by Crippen LogP contribution is -2.54. The molecule has 0 amide bonds. The molecule has 136 valence electrons. The Morgan fingerprint density at radius 1 is 0.957 bits per heavy atom. The first-order valence-corrected chi connectivity index (χ1v) is 9.05. The molecule has 5 nitrogen and oxygen atoms in total. The number of hydrogen-bond acceptors (Lipinski definition) is 5. The van der Waals surface area contributed by atoms with E-state index in [1.807, 2.05) is 0 Å². The van der Waals surface area contributed by atoms with Crippen molar-refractivity contribution in [2.75, 3.05) is 19.8 Å². The van der Waals surface area contributed by atoms with Crippen LogP contribution < -0.4 is 0 Å². The molecule has 23 heavy (non-hydrogen) atoms. The quantitative estimate of drug-likeness (QED) is 0.377. The summed E-state index contributed by atoms with van der Waals surface area (Å²) in [7, 11) is 0. The minimum atomic E-state index is -1.15. The second kappa shape index (κ2) is 12.9. The van der Waals surface area contributed by atoms with Crippen molar-refractivity contribution in [2.24, 2.45) is 0 Å². The number of unbranched alkanes of at least 4 members (excludes halogenated alkanes) is 6. The van der Waals surface area contributed by atoms with E-state index in [-0.39, 0.29) is 13.2 Å². The molecule has 0 saturated carbocycles. The summed E-state index contributed by atoms with van der Waals surface area (Å²) in [5, 5.41) is 28.7. The molecule has 0 aromatic carbocycles. The molecule has 1 heterocycles. The average molecular weight is 330 g/mol. The fourth-order valence-corrected chi connectivity index (χ4v) is 2.67. The van der Waals surface area contributed by atoms with Gasteiger partial charge in [0.15, 0.2) is 0 Å². The molecule has 1 saturated heterocycles. The van der Waals surface area contributed by atoms with E-state index in [1.165, 1.54) is 32.1 Å². The van der Waals surface area contributed by atoms with E-state index >= 15 is 0 Å². The average Bonchev–Trinajstić information content (AvgIpc) is 2.55. The van der Waals surface area contributed by atoms with Crippen LogP contribution in [0.2, 0.25) is 0 Å². The summed E-state index contributed by atoms with van der Waals surface area (Å²) < 4.78 is 10.8. The van der Waals surface area contributed by atoms with Gasteiger partial charge in [-0.2, -0.15) is 0 Å². The smallest absolute Gasteiger partial charge is 0.111 e. The molecule has 1 aliphatic rings. The third kappa shape index (κ3) is 8.82. The van der Waals surface area contributed by atoms with E-state index in [0.29, 0.717) is 6.61 Å². The van der Waals surface area contributed by atoms with Crippen LogP contribution in [0.5, 0.6) is 0 Å². The fourth-order valence-electron chi connectivity index (χ4n) is 2.67. The Bertz CT molecular complexity index is 308. The molecule has 0 aliphatic carbocycles. The van der Waals surface area contributed by atoms with Crippen LogP contribution in [0.4, 0.5) is 0 Å². The van der Waals surface area contributed by atoms with Gasteiger partial charge in [-0.25, -0.2) is 0 Å². The molecule has 1 aliphatic heterocycles. The Balaban J connectivity index is 1.89. The molecular formula is C18H34O5. The molecular weight excluding hydrogens is 296 g/mol. The number of aliphatic hydroxyl groups excluding tert-OH is 3. The highest BCUT2D eigenvalue weighted by atomic mass is 16.6. The second-order valence-corrected chi connectivity index (χ2v) is 6.28. The number of allylic oxidation sites excluding steroid dienone is 2. The van der Waals surface area contributed by atoms with Gasteiger partial charge in [0, 0.05) is 6.61 Å². The number of ether oxygens (including phenoxy) is 2. The lowest BCUT2D eigenvalue weighted by atomic mass is 10.0. The molecule has 5 heteroatoms. The zero-order valence-corrected chi connectivity index (χ0v) is 14.4. The lowest BCUT2D eigenvalue weighted by molar-refractivity contribution is -0.199. The van der Waals surface area contributed by atoms with Gasteiger partial charge >= 0.3 is 0 Å². The van der Waals surface area contributed by atoms with Gasteiger partial charge in [0.05, 0.1) is 13.2 Å². The van der Waals surface area contributed by atoms with Crippen LogP contribution in [0.3, 0.4) is 0 Å². The van der Waals surface area contributed by atoms with E-state index in [9.17, 15) is 15.3 Å². The molecule has 0 bridgehead atoms. The largest absolute Gasteiger partial charge is 0.388 e. The lowest BCUT2D eigenvalue weighted by Gasteiger charge is -2.35. The molecule has 3 N–H and O–H groups in total. The van der Waals surface area contributed by atoms with Gasteiger partial charge in [-0.3, -0.25) is 0 Å². The highest BCUT2D eigenvalue weighted by Gasteiger charge is 2.37. The molecule has 0 unspecified atom stereocenters. The summed E-state index contributed by atoms with van der Waals surface area (Å²) in [5.41, 5.74) is 0. The standard InChI is InChI=1S/C18H34O5/c1-2-3-4-5-6-7-8-9-10-11-12-22-14-16-18(21)17(20)15(19)13-23-16/h3-4,15-21H,2,5-14H2,1H3/b4-3+/t15-,16+,17+,18+/m1/s1. The minimum absolute atomic E-state index is 0.0414. The molecule has 1 rings (SSSR count). The Hall–Kier alpha value is -0.460. The van der Waals surface area contributed by atoms with E-state index in [4.69, 9.17) is 9.47 Å². The van der Waals surface area contributed by atoms with Crippen molar-refractivity contribution < 1.29 is 24.8 Å². The van der Waals surface area contributed by atoms with E-state index in [0.717, 1.165) is 19.3 Å². The fraction of sp³-hybridized carbons (Fsp3) is 0.889. The molecule has 4 atom stereocenters. The number of aliphatic hydroxyl groups is 3. The monoisotopic (exact) mass is 330 g/mol. The Labute approximate surface area is 140 Å². The summed E-state index contributed by atoms with van der Waals surface area (Å²) >= 11 is 0. The van der Waals surface area contributed by atoms with Crippen molar-refractivity contribution in [3.63, 3.8) is 0 Å². The van der Waals surface area contributed by atoms with Crippen molar-refractivity contribution in [2.45, 2.75) is 82.7 Å². The van der Waals surface area contributed by atoms with Gasteiger partial charge in [0.25, 0.3) is 0 Å². The zero-order chi connectivity index (χ0) is 16.9. The molecule has 0 aromatic rings. The SMILES string of the molecule is CC/C=C/CCCCCCCCOC[C@@H]1OC[C@@H](O)[C@H](O)[C@H]1O. The van der Waals surface area contributed by atoms with Crippen LogP contribution in [0.15, 0.2) is 12.2 Å². The Kier molecular flexibility index (Phi) is 11.5. The highest BCUT2D eigenvalue weighted by Crippen LogP contribution is 2.16. The van der Waals surface area contributed by atoms with Gasteiger partial charge in [-0.05, 0) is 25.7 Å². The van der Waals surface area contributed by atoms with Crippen molar-refractivity contribution in [3.8, 4) is 0 Å². The van der Waals surface area contributed by atoms with Crippen LogP contribution in [-0.2, 0) is 9.47 Å². The molecule has 0 radical (unpaired) electrons. The van der Waals surface area contributed by atoms with Crippen LogP contribution in [0, 0.1) is 0 Å². The van der Waals surface area contributed by atoms with Gasteiger partial charge in [-0.1, -0.05) is 44.8 Å². The maximum atomic E-state index is 9.77. The molecule has 0 spiro atoms. The number of hydrogen-bond donors (Lipinski definition) is 3.